The van der Waals surface area contributed by atoms with Crippen molar-refractivity contribution in [1.29, 1.82) is 0 Å². The maximum absolute atomic E-state index is 2.57. The van der Waals surface area contributed by atoms with E-state index in [2.05, 4.69) is 106 Å². The first-order valence-electron chi connectivity index (χ1n) is 9.31. The first-order valence-corrected chi connectivity index (χ1v) is 13.7. The van der Waals surface area contributed by atoms with Gasteiger partial charge in [-0.25, -0.2) is 0 Å². The second-order valence-electron chi connectivity index (χ2n) is 9.12. The summed E-state index contributed by atoms with van der Waals surface area (Å²) in [6.07, 6.45) is 1.37. The van der Waals surface area contributed by atoms with Gasteiger partial charge in [-0.15, -0.1) is 11.8 Å². The third-order valence-corrected chi connectivity index (χ3v) is 12.3. The summed E-state index contributed by atoms with van der Waals surface area (Å²) in [7, 11) is -1.39. The summed E-state index contributed by atoms with van der Waals surface area (Å²) in [5, 5.41) is 1.17. The average molecular weight is 365 g/mol. The highest BCUT2D eigenvalue weighted by atomic mass is 32.2. The Hall–Kier alpha value is -1.25. The van der Waals surface area contributed by atoms with Gasteiger partial charge >= 0.3 is 0 Å². The summed E-state index contributed by atoms with van der Waals surface area (Å²) in [5.41, 5.74) is 4.64. The molecule has 0 N–H and O–H groups in total. The van der Waals surface area contributed by atoms with Crippen LogP contribution in [-0.4, -0.2) is 13.3 Å². The van der Waals surface area contributed by atoms with Crippen LogP contribution >= 0.6 is 11.8 Å². The summed E-state index contributed by atoms with van der Waals surface area (Å²) >= 11 is 2.18. The number of hydrogen-bond acceptors (Lipinski definition) is 1. The van der Waals surface area contributed by atoms with Crippen LogP contribution in [0.15, 0.2) is 65.6 Å². The Morgan fingerprint density at radius 1 is 0.880 bits per heavy atom. The largest absolute Gasteiger partial charge is 0.126 e. The Morgan fingerprint density at radius 2 is 1.36 bits per heavy atom. The van der Waals surface area contributed by atoms with E-state index in [1.807, 2.05) is 0 Å². The van der Waals surface area contributed by atoms with E-state index in [0.29, 0.717) is 10.5 Å². The molecule has 3 aliphatic rings. The maximum Gasteiger partial charge on any atom is 0.0572 e. The van der Waals surface area contributed by atoms with Gasteiger partial charge < -0.3 is 0 Å². The fourth-order valence-electron chi connectivity index (χ4n) is 5.28. The first kappa shape index (κ1) is 17.2. The van der Waals surface area contributed by atoms with E-state index in [-0.39, 0.29) is 0 Å². The zero-order valence-electron chi connectivity index (χ0n) is 16.0. The number of allylic oxidation sites excluding steroid dienone is 1. The quantitative estimate of drug-likeness (QED) is 0.525. The molecule has 0 nitrogen and oxygen atoms in total. The third-order valence-electron chi connectivity index (χ3n) is 6.68. The summed E-state index contributed by atoms with van der Waals surface area (Å²) in [6, 6.07) is 22.1. The Bertz CT molecular complexity index is 773. The smallest absolute Gasteiger partial charge is 0.0572 e. The van der Waals surface area contributed by atoms with Gasteiger partial charge in [0.05, 0.1) is 8.07 Å². The minimum absolute atomic E-state index is 0.399. The van der Waals surface area contributed by atoms with Crippen LogP contribution in [0.3, 0.4) is 0 Å². The molecule has 2 unspecified atom stereocenters. The summed E-state index contributed by atoms with van der Waals surface area (Å²) < 4.78 is 0. The van der Waals surface area contributed by atoms with Crippen LogP contribution in [0.5, 0.6) is 0 Å². The predicted molar refractivity (Wildman–Crippen MR) is 115 cm³/mol. The van der Waals surface area contributed by atoms with Crippen molar-refractivity contribution in [2.24, 2.45) is 5.41 Å². The van der Waals surface area contributed by atoms with E-state index in [1.165, 1.54) is 23.1 Å². The molecule has 2 atom stereocenters. The zero-order chi connectivity index (χ0) is 17.9. The third kappa shape index (κ3) is 2.27. The highest BCUT2D eigenvalue weighted by Gasteiger charge is 2.72. The first-order chi connectivity index (χ1) is 11.8. The fraction of sp³-hybridized carbons (Fsp3) is 0.391. The van der Waals surface area contributed by atoms with E-state index in [9.17, 15) is 0 Å². The van der Waals surface area contributed by atoms with Crippen molar-refractivity contribution in [1.82, 2.24) is 0 Å². The molecule has 0 aromatic heterocycles. The van der Waals surface area contributed by atoms with Crippen LogP contribution in [0.4, 0.5) is 0 Å². The van der Waals surface area contributed by atoms with E-state index < -0.39 is 8.07 Å². The number of rotatable bonds is 3. The predicted octanol–water partition coefficient (Wildman–Crippen LogP) is 7.07. The van der Waals surface area contributed by atoms with E-state index in [1.54, 1.807) is 4.91 Å². The van der Waals surface area contributed by atoms with Crippen molar-refractivity contribution >= 4 is 25.4 Å². The molecule has 0 radical (unpaired) electrons. The molecule has 2 aromatic carbocycles. The minimum Gasteiger partial charge on any atom is -0.126 e. The lowest BCUT2D eigenvalue weighted by Crippen LogP contribution is -2.58. The van der Waals surface area contributed by atoms with Gasteiger partial charge in [0.15, 0.2) is 0 Å². The molecule has 5 rings (SSSR count). The van der Waals surface area contributed by atoms with Crippen molar-refractivity contribution in [3.8, 4) is 0 Å². The maximum atomic E-state index is 2.57. The van der Waals surface area contributed by atoms with E-state index >= 15 is 0 Å². The standard InChI is InChI=1S/C23H28SSi/c1-22(2)19-16-23(22,25(3,4)5)21(24-19)20(17-12-8-6-9-13-17)18-14-10-7-11-15-18/h6-15,19H,16H2,1-5H3. The lowest BCUT2D eigenvalue weighted by molar-refractivity contribution is 0.149. The molecule has 1 aliphatic carbocycles. The minimum atomic E-state index is -1.39. The van der Waals surface area contributed by atoms with Crippen LogP contribution < -0.4 is 0 Å². The molecule has 1 saturated carbocycles. The average Bonchev–Trinajstić information content (AvgIpc) is 3.10. The molecular formula is C23H28SSi. The molecule has 2 aromatic rings. The lowest BCUT2D eigenvalue weighted by atomic mass is 9.60. The molecule has 2 bridgehead atoms. The van der Waals surface area contributed by atoms with Crippen molar-refractivity contribution in [3.63, 3.8) is 0 Å². The molecular weight excluding hydrogens is 336 g/mol. The van der Waals surface area contributed by atoms with Gasteiger partial charge in [0.2, 0.25) is 0 Å². The molecule has 2 aliphatic heterocycles. The van der Waals surface area contributed by atoms with Crippen LogP contribution in [0.2, 0.25) is 24.7 Å². The van der Waals surface area contributed by atoms with E-state index in [4.69, 9.17) is 0 Å². The highest BCUT2D eigenvalue weighted by molar-refractivity contribution is 8.04. The second kappa shape index (κ2) is 5.62. The molecule has 25 heavy (non-hydrogen) atoms. The number of benzene rings is 2. The molecule has 2 saturated heterocycles. The van der Waals surface area contributed by atoms with Gasteiger partial charge in [0, 0.05) is 10.3 Å². The Kier molecular flexibility index (Phi) is 3.86. The van der Waals surface area contributed by atoms with Gasteiger partial charge in [-0.2, -0.15) is 0 Å². The summed E-state index contributed by atoms with van der Waals surface area (Å²) in [5.74, 6) is 0. The van der Waals surface area contributed by atoms with Crippen molar-refractivity contribution < 1.29 is 0 Å². The number of hydrogen-bond donors (Lipinski definition) is 0. The summed E-state index contributed by atoms with van der Waals surface area (Å²) in [4.78, 5) is 1.68. The second-order valence-corrected chi connectivity index (χ2v) is 15.7. The van der Waals surface area contributed by atoms with Crippen molar-refractivity contribution in [2.45, 2.75) is 50.2 Å². The van der Waals surface area contributed by atoms with E-state index in [0.717, 1.165) is 5.25 Å². The van der Waals surface area contributed by atoms with Crippen molar-refractivity contribution in [2.75, 3.05) is 0 Å². The fourth-order valence-corrected chi connectivity index (χ4v) is 12.4. The van der Waals surface area contributed by atoms with Crippen LogP contribution in [0.1, 0.15) is 31.4 Å². The van der Waals surface area contributed by atoms with Gasteiger partial charge in [0.1, 0.15) is 0 Å². The molecule has 3 fully saturated rings. The van der Waals surface area contributed by atoms with Crippen LogP contribution in [0.25, 0.3) is 5.57 Å². The number of thioether (sulfide) groups is 1. The topological polar surface area (TPSA) is 0 Å². The van der Waals surface area contributed by atoms with Crippen LogP contribution in [0, 0.1) is 5.41 Å². The SMILES string of the molecule is CC1(C)C2CC1([Si](C)(C)C)C(=C(c1ccccc1)c1ccccc1)S2. The summed E-state index contributed by atoms with van der Waals surface area (Å²) in [6.45, 7) is 12.8. The monoisotopic (exact) mass is 364 g/mol. The Labute approximate surface area is 157 Å². The van der Waals surface area contributed by atoms with Crippen LogP contribution in [-0.2, 0) is 0 Å². The Morgan fingerprint density at radius 3 is 1.76 bits per heavy atom. The molecule has 2 heterocycles. The number of fused-ring (bicyclic) bond motifs is 1. The van der Waals surface area contributed by atoms with Gasteiger partial charge in [0.25, 0.3) is 0 Å². The normalized spacial score (nSPS) is 27.1. The molecule has 0 spiro atoms. The Balaban J connectivity index is 2.02. The van der Waals surface area contributed by atoms with Crippen molar-refractivity contribution in [3.05, 3.63) is 76.7 Å². The lowest BCUT2D eigenvalue weighted by Gasteiger charge is -2.60. The van der Waals surface area contributed by atoms with Gasteiger partial charge in [-0.05, 0) is 33.4 Å². The van der Waals surface area contributed by atoms with Gasteiger partial charge in [-0.3, -0.25) is 0 Å². The zero-order valence-corrected chi connectivity index (χ0v) is 17.8. The molecule has 2 heteroatoms. The molecule has 0 amide bonds. The molecule has 130 valence electrons. The van der Waals surface area contributed by atoms with Gasteiger partial charge in [-0.1, -0.05) is 94.2 Å². The highest BCUT2D eigenvalue weighted by Crippen LogP contribution is 2.83.